The maximum atomic E-state index is 14.7. The van der Waals surface area contributed by atoms with Crippen molar-refractivity contribution >= 4 is 82.6 Å². The number of benzene rings is 2. The number of alkyl halides is 3. The zero-order chi connectivity index (χ0) is 53.5. The number of aromatic nitrogens is 10. The van der Waals surface area contributed by atoms with Gasteiger partial charge in [0.05, 0.1) is 77.3 Å². The first kappa shape index (κ1) is 49.7. The van der Waals surface area contributed by atoms with Crippen molar-refractivity contribution in [2.45, 2.75) is 39.0 Å². The second-order valence-electron chi connectivity index (χ2n) is 16.5. The number of pyridine rings is 2. The summed E-state index contributed by atoms with van der Waals surface area (Å²) >= 11 is 7.99. The van der Waals surface area contributed by atoms with E-state index in [1.165, 1.54) is 42.3 Å². The van der Waals surface area contributed by atoms with Crippen LogP contribution >= 0.6 is 34.3 Å². The van der Waals surface area contributed by atoms with Crippen LogP contribution in [0.15, 0.2) is 74.2 Å². The van der Waals surface area contributed by atoms with E-state index < -0.39 is 74.5 Å². The average molecular weight is 1080 g/mol. The van der Waals surface area contributed by atoms with Gasteiger partial charge in [-0.2, -0.15) is 28.5 Å². The molecule has 8 heterocycles. The molecular formula is C48H29ClF6N13O5S2+. The Hall–Kier alpha value is -8.90. The fourth-order valence-electron chi connectivity index (χ4n) is 8.71. The molecule has 75 heavy (non-hydrogen) atoms. The van der Waals surface area contributed by atoms with Crippen LogP contribution < -0.4 is 27.2 Å². The van der Waals surface area contributed by atoms with Crippen molar-refractivity contribution < 1.29 is 31.1 Å². The third-order valence-electron chi connectivity index (χ3n) is 12.3. The molecule has 0 unspecified atom stereocenters. The van der Waals surface area contributed by atoms with Gasteiger partial charge in [0.15, 0.2) is 35.5 Å². The molecule has 0 amide bonds. The van der Waals surface area contributed by atoms with Gasteiger partial charge in [0.1, 0.15) is 31.9 Å². The Morgan fingerprint density at radius 1 is 0.760 bits per heavy atom. The predicted octanol–water partition coefficient (Wildman–Crippen LogP) is 8.89. The number of nitriles is 2. The summed E-state index contributed by atoms with van der Waals surface area (Å²) in [6.07, 6.45) is -1.93. The van der Waals surface area contributed by atoms with Crippen molar-refractivity contribution in [3.8, 4) is 56.2 Å². The third-order valence-corrected chi connectivity index (χ3v) is 14.9. The number of halogens is 7. The molecule has 0 radical (unpaired) electrons. The lowest BCUT2D eigenvalue weighted by molar-refractivity contribution is -0.146. The standard InChI is InChI=1S/C48H29ClF6N13O5S2/c1-21-61-29-18-58-19-32(38(29)63(21)2)67-43(69)41-31(16-36(75-41)24-12-26(50)27(51)14-25(24)49)66(47(67)72)10-6-8-59-42-37-39(64(3)45(62-37)48(53,54)55)33(20-60-42)68-44(70)40-30(65(46(68)71)9-5-7-56)15-35(74-40)23-13-34(73-4)28(52)11-22(23)17-57/h11-16,18-20H,5-6,9-10H2,1-4H3/q+1. The van der Waals surface area contributed by atoms with Crippen LogP contribution in [0.3, 0.4) is 0 Å². The summed E-state index contributed by atoms with van der Waals surface area (Å²) in [7, 11) is 3.89. The molecule has 0 N–H and O–H groups in total. The van der Waals surface area contributed by atoms with Crippen LogP contribution in [0, 0.1) is 53.1 Å². The summed E-state index contributed by atoms with van der Waals surface area (Å²) < 4.78 is 98.4. The number of thiophene rings is 2. The highest BCUT2D eigenvalue weighted by Gasteiger charge is 2.40. The van der Waals surface area contributed by atoms with Crippen LogP contribution in [0.5, 0.6) is 5.75 Å². The fourth-order valence-corrected chi connectivity index (χ4v) is 11.3. The summed E-state index contributed by atoms with van der Waals surface area (Å²) in [6.45, 7) is 1.12. The normalized spacial score (nSPS) is 11.7. The second kappa shape index (κ2) is 18.5. The van der Waals surface area contributed by atoms with Crippen LogP contribution in [-0.4, -0.2) is 54.4 Å². The van der Waals surface area contributed by atoms with E-state index in [4.69, 9.17) is 16.3 Å². The monoisotopic (exact) mass is 1080 g/mol. The minimum Gasteiger partial charge on any atom is -0.494 e. The van der Waals surface area contributed by atoms with Gasteiger partial charge < -0.3 is 13.9 Å². The van der Waals surface area contributed by atoms with Gasteiger partial charge >= 0.3 is 23.4 Å². The Morgan fingerprint density at radius 3 is 1.99 bits per heavy atom. The molecule has 0 bridgehead atoms. The van der Waals surface area contributed by atoms with E-state index in [2.05, 4.69) is 30.9 Å². The second-order valence-corrected chi connectivity index (χ2v) is 19.0. The molecule has 10 rings (SSSR count). The predicted molar refractivity (Wildman–Crippen MR) is 266 cm³/mol. The Labute approximate surface area is 427 Å². The summed E-state index contributed by atoms with van der Waals surface area (Å²) in [5.41, 5.74) is -4.23. The van der Waals surface area contributed by atoms with E-state index in [9.17, 15) is 56.0 Å². The van der Waals surface area contributed by atoms with E-state index in [1.54, 1.807) is 18.5 Å². The zero-order valence-corrected chi connectivity index (χ0v) is 41.2. The molecule has 0 aliphatic rings. The van der Waals surface area contributed by atoms with Gasteiger partial charge in [-0.1, -0.05) is 11.6 Å². The molecule has 8 aromatic heterocycles. The van der Waals surface area contributed by atoms with Gasteiger partial charge in [-0.3, -0.25) is 23.7 Å². The number of rotatable bonds is 9. The number of ether oxygens (including phenoxy) is 1. The molecular weight excluding hydrogens is 1050 g/mol. The summed E-state index contributed by atoms with van der Waals surface area (Å²) in [5.74, 6) is -4.88. The largest absolute Gasteiger partial charge is 0.494 e. The van der Waals surface area contributed by atoms with Crippen molar-refractivity contribution in [2.24, 2.45) is 14.1 Å². The Bertz CT molecular complexity index is 4540. The summed E-state index contributed by atoms with van der Waals surface area (Å²) in [5, 5.41) is 19.2. The minimum absolute atomic E-state index is 0.00754. The number of aryl methyl sites for hydroxylation is 5. The van der Waals surface area contributed by atoms with Crippen molar-refractivity contribution in [1.29, 1.82) is 10.5 Å². The van der Waals surface area contributed by atoms with Crippen LogP contribution in [0.4, 0.5) is 32.2 Å². The van der Waals surface area contributed by atoms with Gasteiger partial charge in [-0.05, 0) is 48.3 Å². The zero-order valence-electron chi connectivity index (χ0n) is 38.8. The molecule has 18 nitrogen and oxygen atoms in total. The van der Waals surface area contributed by atoms with E-state index in [-0.39, 0.29) is 89.3 Å². The van der Waals surface area contributed by atoms with Gasteiger partial charge in [-0.15, -0.1) is 22.7 Å². The molecule has 2 aromatic carbocycles. The van der Waals surface area contributed by atoms with Gasteiger partial charge in [0.25, 0.3) is 11.1 Å². The maximum absolute atomic E-state index is 14.7. The van der Waals surface area contributed by atoms with E-state index >= 15 is 0 Å². The lowest BCUT2D eigenvalue weighted by Gasteiger charge is -2.12. The van der Waals surface area contributed by atoms with Gasteiger partial charge in [0, 0.05) is 48.1 Å². The number of fused-ring (bicyclic) bond motifs is 4. The minimum atomic E-state index is -5.10. The highest BCUT2D eigenvalue weighted by molar-refractivity contribution is 7.22. The first-order chi connectivity index (χ1) is 35.8. The van der Waals surface area contributed by atoms with Crippen LogP contribution in [0.2, 0.25) is 5.02 Å². The Balaban J connectivity index is 1.12. The molecule has 0 aliphatic carbocycles. The highest BCUT2D eigenvalue weighted by Crippen LogP contribution is 2.40. The topological polar surface area (TPSA) is 211 Å². The van der Waals surface area contributed by atoms with E-state index in [0.717, 1.165) is 63.3 Å². The number of imidazole rings is 2. The SMILES string of the molecule is COc1cc(-c2cc3c(s2)c(=O)n(-c2cnc([N+]#CCCn4c(=O)n(-c5cncc6nc(C)n(C)c56)c(=O)c5sc(-c6cc(F)c(F)cc6Cl)cc54)c4nc(C(F)(F)F)n(C)c24)c(=O)n3CCC#N)c(C#N)cc1F. The molecule has 10 aromatic rings. The quantitative estimate of drug-likeness (QED) is 0.0984. The highest BCUT2D eigenvalue weighted by atomic mass is 35.5. The lowest BCUT2D eigenvalue weighted by Crippen LogP contribution is -2.38. The first-order valence-corrected chi connectivity index (χ1v) is 23.8. The van der Waals surface area contributed by atoms with Crippen molar-refractivity contribution in [1.82, 2.24) is 47.3 Å². The van der Waals surface area contributed by atoms with Crippen LogP contribution in [-0.2, 0) is 33.4 Å². The van der Waals surface area contributed by atoms with Crippen molar-refractivity contribution in [3.63, 3.8) is 0 Å². The smallest absolute Gasteiger partial charge is 0.453 e. The van der Waals surface area contributed by atoms with E-state index in [1.807, 2.05) is 12.1 Å². The average Bonchev–Trinajstić information content (AvgIpc) is 4.18. The number of hydrogen-bond acceptors (Lipinski definition) is 13. The maximum Gasteiger partial charge on any atom is 0.453 e. The number of methoxy groups -OCH3 is 1. The van der Waals surface area contributed by atoms with Crippen molar-refractivity contribution in [2.75, 3.05) is 7.11 Å². The number of nitrogens with zero attached hydrogens (tertiary/aromatic N) is 13. The first-order valence-electron chi connectivity index (χ1n) is 21.8. The summed E-state index contributed by atoms with van der Waals surface area (Å²) in [6, 6.07) is 13.1. The molecule has 0 fully saturated rings. The molecule has 27 heteroatoms. The van der Waals surface area contributed by atoms with Crippen LogP contribution in [0.25, 0.3) is 79.6 Å². The summed E-state index contributed by atoms with van der Waals surface area (Å²) in [4.78, 5) is 79.4. The third kappa shape index (κ3) is 8.08. The Morgan fingerprint density at radius 2 is 1.37 bits per heavy atom. The molecule has 0 atom stereocenters. The molecule has 0 saturated carbocycles. The Kier molecular flexibility index (Phi) is 12.3. The number of hydrogen-bond donors (Lipinski definition) is 0. The lowest BCUT2D eigenvalue weighted by atomic mass is 10.1. The molecule has 0 aliphatic heterocycles. The van der Waals surface area contributed by atoms with Gasteiger partial charge in [-0.25, -0.2) is 41.9 Å². The van der Waals surface area contributed by atoms with E-state index in [0.29, 0.717) is 26.0 Å². The van der Waals surface area contributed by atoms with Crippen molar-refractivity contribution in [3.05, 3.63) is 141 Å². The fraction of sp³-hybridized carbons (Fsp3) is 0.188. The molecule has 376 valence electrons. The molecule has 0 spiro atoms. The van der Waals surface area contributed by atoms with Gasteiger partial charge in [0.2, 0.25) is 11.3 Å². The van der Waals surface area contributed by atoms with Crippen LogP contribution in [0.1, 0.15) is 30.1 Å². The molecule has 0 saturated heterocycles.